The molecule has 0 bridgehead atoms. The second kappa shape index (κ2) is 6.41. The minimum Gasteiger partial charge on any atom is -0.493 e. The molecule has 0 aliphatic rings. The van der Waals surface area contributed by atoms with Crippen LogP contribution in [0.2, 0.25) is 0 Å². The largest absolute Gasteiger partial charge is 0.493 e. The Balaban J connectivity index is 2.48. The van der Waals surface area contributed by atoms with Crippen molar-refractivity contribution in [2.24, 2.45) is 5.73 Å². The second-order valence-electron chi connectivity index (χ2n) is 4.19. The fraction of sp³-hybridized carbons (Fsp3) is 0.200. The molecule has 0 saturated carbocycles. The molecule has 0 unspecified atom stereocenters. The Hall–Kier alpha value is -2.34. The Morgan fingerprint density at radius 3 is 1.90 bits per heavy atom. The van der Waals surface area contributed by atoms with Gasteiger partial charge < -0.3 is 19.9 Å². The predicted molar refractivity (Wildman–Crippen MR) is 73.9 cm³/mol. The van der Waals surface area contributed by atoms with Crippen molar-refractivity contribution in [1.82, 2.24) is 0 Å². The van der Waals surface area contributed by atoms with Gasteiger partial charge in [0, 0.05) is 6.54 Å². The first-order chi connectivity index (χ1) is 10.1. The van der Waals surface area contributed by atoms with Gasteiger partial charge in [-0.3, -0.25) is 0 Å². The van der Waals surface area contributed by atoms with Crippen molar-refractivity contribution >= 4 is 0 Å². The van der Waals surface area contributed by atoms with Crippen molar-refractivity contribution in [3.05, 3.63) is 47.5 Å². The van der Waals surface area contributed by atoms with Crippen molar-refractivity contribution < 1.29 is 23.0 Å². The van der Waals surface area contributed by atoms with E-state index in [1.54, 1.807) is 18.2 Å². The summed E-state index contributed by atoms with van der Waals surface area (Å²) >= 11 is 0. The number of hydrogen-bond donors (Lipinski definition) is 1. The summed E-state index contributed by atoms with van der Waals surface area (Å²) in [5, 5.41) is 0. The lowest BCUT2D eigenvalue weighted by atomic mass is 10.2. The zero-order chi connectivity index (χ0) is 15.4. The highest BCUT2D eigenvalue weighted by Crippen LogP contribution is 2.41. The van der Waals surface area contributed by atoms with E-state index in [2.05, 4.69) is 0 Å². The number of rotatable bonds is 5. The van der Waals surface area contributed by atoms with E-state index in [1.165, 1.54) is 14.2 Å². The number of halogens is 2. The highest BCUT2D eigenvalue weighted by molar-refractivity contribution is 5.53. The molecule has 0 atom stereocenters. The molecule has 2 rings (SSSR count). The monoisotopic (exact) mass is 295 g/mol. The maximum absolute atomic E-state index is 14.0. The standard InChI is InChI=1S/C15H15F2NO3/c1-19-12-4-3-5-13(20-2)15(12)21-14-10(16)6-9(8-18)7-11(14)17/h3-7H,8,18H2,1-2H3. The molecule has 0 spiro atoms. The molecule has 2 N–H and O–H groups in total. The Bertz CT molecular complexity index is 602. The highest BCUT2D eigenvalue weighted by Gasteiger charge is 2.18. The summed E-state index contributed by atoms with van der Waals surface area (Å²) in [7, 11) is 2.84. The molecule has 4 nitrogen and oxygen atoms in total. The van der Waals surface area contributed by atoms with Gasteiger partial charge >= 0.3 is 0 Å². The summed E-state index contributed by atoms with van der Waals surface area (Å²) in [5.41, 5.74) is 5.70. The van der Waals surface area contributed by atoms with Crippen molar-refractivity contribution in [1.29, 1.82) is 0 Å². The Morgan fingerprint density at radius 1 is 0.952 bits per heavy atom. The van der Waals surface area contributed by atoms with Crippen molar-refractivity contribution in [3.8, 4) is 23.0 Å². The van der Waals surface area contributed by atoms with E-state index in [0.29, 0.717) is 17.1 Å². The quantitative estimate of drug-likeness (QED) is 0.920. The van der Waals surface area contributed by atoms with Gasteiger partial charge in [0.25, 0.3) is 0 Å². The SMILES string of the molecule is COc1cccc(OC)c1Oc1c(F)cc(CN)cc1F. The van der Waals surface area contributed by atoms with E-state index < -0.39 is 17.4 Å². The molecule has 112 valence electrons. The van der Waals surface area contributed by atoms with Gasteiger partial charge in [-0.2, -0.15) is 0 Å². The number of ether oxygens (including phenoxy) is 3. The first-order valence-electron chi connectivity index (χ1n) is 6.17. The van der Waals surface area contributed by atoms with Gasteiger partial charge in [0.2, 0.25) is 5.75 Å². The molecule has 2 aromatic rings. The van der Waals surface area contributed by atoms with E-state index in [0.717, 1.165) is 12.1 Å². The predicted octanol–water partition coefficient (Wildman–Crippen LogP) is 3.23. The van der Waals surface area contributed by atoms with Gasteiger partial charge in [0.15, 0.2) is 28.9 Å². The summed E-state index contributed by atoms with van der Waals surface area (Å²) in [6, 6.07) is 7.12. The van der Waals surface area contributed by atoms with Crippen LogP contribution in [0.3, 0.4) is 0 Å². The first kappa shape index (κ1) is 15.1. The minimum atomic E-state index is -0.844. The lowest BCUT2D eigenvalue weighted by Crippen LogP contribution is -2.02. The smallest absolute Gasteiger partial charge is 0.211 e. The summed E-state index contributed by atoms with van der Waals surface area (Å²) < 4.78 is 43.5. The second-order valence-corrected chi connectivity index (χ2v) is 4.19. The average molecular weight is 295 g/mol. The lowest BCUT2D eigenvalue weighted by molar-refractivity contribution is 0.331. The summed E-state index contributed by atoms with van der Waals surface area (Å²) in [4.78, 5) is 0. The van der Waals surface area contributed by atoms with E-state index in [-0.39, 0.29) is 12.3 Å². The normalized spacial score (nSPS) is 10.3. The zero-order valence-corrected chi connectivity index (χ0v) is 11.7. The van der Waals surface area contributed by atoms with E-state index in [1.807, 2.05) is 0 Å². The van der Waals surface area contributed by atoms with Crippen LogP contribution in [0.5, 0.6) is 23.0 Å². The molecular weight excluding hydrogens is 280 g/mol. The maximum Gasteiger partial charge on any atom is 0.211 e. The van der Waals surface area contributed by atoms with Gasteiger partial charge in [0.05, 0.1) is 14.2 Å². The van der Waals surface area contributed by atoms with Crippen LogP contribution < -0.4 is 19.9 Å². The number of para-hydroxylation sites is 1. The molecule has 0 aliphatic heterocycles. The molecule has 0 amide bonds. The fourth-order valence-electron chi connectivity index (χ4n) is 1.85. The summed E-state index contributed by atoms with van der Waals surface area (Å²) in [6.07, 6.45) is 0. The number of hydrogen-bond acceptors (Lipinski definition) is 4. The Labute approximate surface area is 121 Å². The Kier molecular flexibility index (Phi) is 4.59. The third-order valence-electron chi connectivity index (χ3n) is 2.88. The molecule has 0 radical (unpaired) electrons. The van der Waals surface area contributed by atoms with Crippen LogP contribution >= 0.6 is 0 Å². The van der Waals surface area contributed by atoms with E-state index in [4.69, 9.17) is 19.9 Å². The number of methoxy groups -OCH3 is 2. The van der Waals surface area contributed by atoms with Crippen LogP contribution in [-0.2, 0) is 6.54 Å². The molecule has 2 aromatic carbocycles. The summed E-state index contributed by atoms with van der Waals surface area (Å²) in [5.74, 6) is -1.52. The third kappa shape index (κ3) is 3.05. The minimum absolute atomic E-state index is 0.0338. The lowest BCUT2D eigenvalue weighted by Gasteiger charge is -2.15. The van der Waals surface area contributed by atoms with Gasteiger partial charge in [-0.05, 0) is 29.8 Å². The van der Waals surface area contributed by atoms with Gasteiger partial charge in [-0.25, -0.2) is 8.78 Å². The maximum atomic E-state index is 14.0. The van der Waals surface area contributed by atoms with Crippen LogP contribution in [0.15, 0.2) is 30.3 Å². The molecule has 0 aromatic heterocycles. The van der Waals surface area contributed by atoms with Crippen LogP contribution in [0.4, 0.5) is 8.78 Å². The molecule has 0 heterocycles. The number of benzene rings is 2. The van der Waals surface area contributed by atoms with Crippen LogP contribution in [-0.4, -0.2) is 14.2 Å². The molecular formula is C15H15F2NO3. The van der Waals surface area contributed by atoms with Crippen LogP contribution in [0.25, 0.3) is 0 Å². The fourth-order valence-corrected chi connectivity index (χ4v) is 1.85. The zero-order valence-electron chi connectivity index (χ0n) is 11.7. The molecule has 21 heavy (non-hydrogen) atoms. The van der Waals surface area contributed by atoms with Crippen LogP contribution in [0, 0.1) is 11.6 Å². The van der Waals surface area contributed by atoms with Crippen molar-refractivity contribution in [2.45, 2.75) is 6.54 Å². The average Bonchev–Trinajstić information content (AvgIpc) is 2.50. The van der Waals surface area contributed by atoms with Crippen molar-refractivity contribution in [3.63, 3.8) is 0 Å². The number of nitrogens with two attached hydrogens (primary N) is 1. The van der Waals surface area contributed by atoms with Crippen LogP contribution in [0.1, 0.15) is 5.56 Å². The van der Waals surface area contributed by atoms with Gasteiger partial charge in [0.1, 0.15) is 0 Å². The van der Waals surface area contributed by atoms with Gasteiger partial charge in [-0.1, -0.05) is 6.07 Å². The Morgan fingerprint density at radius 2 is 1.48 bits per heavy atom. The van der Waals surface area contributed by atoms with E-state index in [9.17, 15) is 8.78 Å². The van der Waals surface area contributed by atoms with Crippen molar-refractivity contribution in [2.75, 3.05) is 14.2 Å². The molecule has 6 heteroatoms. The highest BCUT2D eigenvalue weighted by atomic mass is 19.1. The molecule has 0 saturated heterocycles. The first-order valence-corrected chi connectivity index (χ1v) is 6.17. The molecule has 0 fully saturated rings. The summed E-state index contributed by atoms with van der Waals surface area (Å²) in [6.45, 7) is 0.0338. The third-order valence-corrected chi connectivity index (χ3v) is 2.88. The molecule has 0 aliphatic carbocycles. The van der Waals surface area contributed by atoms with E-state index >= 15 is 0 Å². The van der Waals surface area contributed by atoms with Gasteiger partial charge in [-0.15, -0.1) is 0 Å². The topological polar surface area (TPSA) is 53.7 Å².